The Morgan fingerprint density at radius 1 is 1.64 bits per heavy atom. The third-order valence-corrected chi connectivity index (χ3v) is 2.55. The molecule has 1 saturated heterocycles. The second kappa shape index (κ2) is 3.25. The molecule has 2 rings (SSSR count). The lowest BCUT2D eigenvalue weighted by Crippen LogP contribution is -2.24. The molecule has 5 heteroatoms. The Kier molecular flexibility index (Phi) is 2.07. The molecule has 1 amide bonds. The van der Waals surface area contributed by atoms with Crippen molar-refractivity contribution in [3.8, 4) is 0 Å². The number of hydrogen-bond donors (Lipinski definition) is 0. The Labute approximate surface area is 81.3 Å². The minimum Gasteiger partial charge on any atom is -0.344 e. The first-order valence-corrected chi connectivity index (χ1v) is 4.46. The van der Waals surface area contributed by atoms with Gasteiger partial charge in [0.05, 0.1) is 12.5 Å². The number of aromatic nitrogens is 2. The summed E-state index contributed by atoms with van der Waals surface area (Å²) in [5.74, 6) is 0.0473. The van der Waals surface area contributed by atoms with Crippen molar-refractivity contribution in [3.05, 3.63) is 18.2 Å². The summed E-state index contributed by atoms with van der Waals surface area (Å²) >= 11 is 0. The van der Waals surface area contributed by atoms with Crippen LogP contribution < -0.4 is 0 Å². The first-order valence-electron chi connectivity index (χ1n) is 4.46. The lowest BCUT2D eigenvalue weighted by atomic mass is 10.2. The lowest BCUT2D eigenvalue weighted by molar-refractivity contribution is -0.129. The fourth-order valence-electron chi connectivity index (χ4n) is 1.73. The highest BCUT2D eigenvalue weighted by atomic mass is 16.2. The number of nitrogens with zero attached hydrogens (tertiary/aromatic N) is 3. The molecule has 1 atom stereocenters. The lowest BCUT2D eigenvalue weighted by Gasteiger charge is -2.12. The topological polar surface area (TPSA) is 55.2 Å². The van der Waals surface area contributed by atoms with E-state index in [1.807, 2.05) is 0 Å². The summed E-state index contributed by atoms with van der Waals surface area (Å²) < 4.78 is 1.64. The number of amides is 1. The maximum Gasteiger partial charge on any atom is 0.245 e. The summed E-state index contributed by atoms with van der Waals surface area (Å²) in [5, 5.41) is 0. The van der Waals surface area contributed by atoms with Crippen molar-refractivity contribution < 1.29 is 9.59 Å². The Morgan fingerprint density at radius 3 is 3.00 bits per heavy atom. The predicted octanol–water partition coefficient (Wildman–Crippen LogP) is 0.0988. The number of likely N-dealkylation sites (N-methyl/N-ethyl adjacent to an activating group) is 1. The van der Waals surface area contributed by atoms with Crippen LogP contribution in [0.1, 0.15) is 23.0 Å². The molecular formula is C9H11N3O2. The molecular weight excluding hydrogens is 182 g/mol. The van der Waals surface area contributed by atoms with Gasteiger partial charge in [0.1, 0.15) is 11.7 Å². The van der Waals surface area contributed by atoms with Gasteiger partial charge in [0.25, 0.3) is 0 Å². The minimum atomic E-state index is -0.248. The van der Waals surface area contributed by atoms with Gasteiger partial charge < -0.3 is 9.47 Å². The largest absolute Gasteiger partial charge is 0.344 e. The van der Waals surface area contributed by atoms with Gasteiger partial charge in [-0.15, -0.1) is 0 Å². The van der Waals surface area contributed by atoms with Crippen LogP contribution in [-0.2, 0) is 4.79 Å². The fourth-order valence-corrected chi connectivity index (χ4v) is 1.73. The second-order valence-corrected chi connectivity index (χ2v) is 3.41. The average molecular weight is 193 g/mol. The Hall–Kier alpha value is -1.65. The molecule has 5 nitrogen and oxygen atoms in total. The molecule has 1 aliphatic rings. The number of imidazole rings is 1. The highest BCUT2D eigenvalue weighted by Gasteiger charge is 2.31. The zero-order valence-electron chi connectivity index (χ0n) is 7.88. The van der Waals surface area contributed by atoms with Crippen LogP contribution in [0.4, 0.5) is 0 Å². The molecule has 14 heavy (non-hydrogen) atoms. The highest BCUT2D eigenvalue weighted by molar-refractivity contribution is 5.83. The summed E-state index contributed by atoms with van der Waals surface area (Å²) in [6, 6.07) is -0.248. The molecule has 0 aliphatic carbocycles. The van der Waals surface area contributed by atoms with Gasteiger partial charge in [-0.2, -0.15) is 0 Å². The van der Waals surface area contributed by atoms with Gasteiger partial charge in [-0.25, -0.2) is 4.98 Å². The fraction of sp³-hybridized carbons (Fsp3) is 0.444. The van der Waals surface area contributed by atoms with Crippen LogP contribution in [0, 0.1) is 0 Å². The van der Waals surface area contributed by atoms with E-state index in [-0.39, 0.29) is 11.9 Å². The SMILES string of the molecule is CN1CCC(n2cncc2C=O)C1=O. The van der Waals surface area contributed by atoms with Crippen molar-refractivity contribution >= 4 is 12.2 Å². The average Bonchev–Trinajstić information content (AvgIpc) is 2.75. The standard InChI is InChI=1S/C9H11N3O2/c1-11-3-2-8(9(11)14)12-6-10-4-7(12)5-13/h4-6,8H,2-3H2,1H3. The maximum absolute atomic E-state index is 11.6. The van der Waals surface area contributed by atoms with E-state index < -0.39 is 0 Å². The zero-order chi connectivity index (χ0) is 10.1. The third kappa shape index (κ3) is 1.21. The smallest absolute Gasteiger partial charge is 0.245 e. The summed E-state index contributed by atoms with van der Waals surface area (Å²) in [7, 11) is 1.76. The predicted molar refractivity (Wildman–Crippen MR) is 48.9 cm³/mol. The van der Waals surface area contributed by atoms with Crippen LogP contribution in [0.25, 0.3) is 0 Å². The van der Waals surface area contributed by atoms with E-state index in [0.717, 1.165) is 19.3 Å². The number of likely N-dealkylation sites (tertiary alicyclic amines) is 1. The number of carbonyl (C=O) groups excluding carboxylic acids is 2. The van der Waals surface area contributed by atoms with Crippen LogP contribution in [0.3, 0.4) is 0 Å². The van der Waals surface area contributed by atoms with Gasteiger partial charge in [-0.3, -0.25) is 9.59 Å². The van der Waals surface area contributed by atoms with E-state index >= 15 is 0 Å². The van der Waals surface area contributed by atoms with Crippen LogP contribution in [0.5, 0.6) is 0 Å². The van der Waals surface area contributed by atoms with E-state index in [2.05, 4.69) is 4.98 Å². The van der Waals surface area contributed by atoms with Crippen molar-refractivity contribution in [2.75, 3.05) is 13.6 Å². The molecule has 0 N–H and O–H groups in total. The number of hydrogen-bond acceptors (Lipinski definition) is 3. The van der Waals surface area contributed by atoms with Crippen LogP contribution >= 0.6 is 0 Å². The molecule has 0 radical (unpaired) electrons. The molecule has 1 aliphatic heterocycles. The third-order valence-electron chi connectivity index (χ3n) is 2.55. The monoisotopic (exact) mass is 193 g/mol. The number of rotatable bonds is 2. The Balaban J connectivity index is 2.32. The first kappa shape index (κ1) is 8.93. The molecule has 1 unspecified atom stereocenters. The van der Waals surface area contributed by atoms with Crippen molar-refractivity contribution in [1.82, 2.24) is 14.5 Å². The maximum atomic E-state index is 11.6. The molecule has 1 aromatic heterocycles. The van der Waals surface area contributed by atoms with Crippen LogP contribution in [0.15, 0.2) is 12.5 Å². The highest BCUT2D eigenvalue weighted by Crippen LogP contribution is 2.22. The van der Waals surface area contributed by atoms with Crippen molar-refractivity contribution in [2.45, 2.75) is 12.5 Å². The van der Waals surface area contributed by atoms with Gasteiger partial charge in [-0.05, 0) is 6.42 Å². The summed E-state index contributed by atoms with van der Waals surface area (Å²) in [6.07, 6.45) is 4.47. The van der Waals surface area contributed by atoms with E-state index in [1.54, 1.807) is 16.5 Å². The summed E-state index contributed by atoms with van der Waals surface area (Å²) in [6.45, 7) is 0.736. The summed E-state index contributed by atoms with van der Waals surface area (Å²) in [4.78, 5) is 27.8. The number of carbonyl (C=O) groups is 2. The van der Waals surface area contributed by atoms with Crippen LogP contribution in [-0.4, -0.2) is 40.2 Å². The van der Waals surface area contributed by atoms with E-state index in [1.165, 1.54) is 12.5 Å². The van der Waals surface area contributed by atoms with Gasteiger partial charge in [0.15, 0.2) is 6.29 Å². The minimum absolute atomic E-state index is 0.0473. The van der Waals surface area contributed by atoms with Gasteiger partial charge in [0.2, 0.25) is 5.91 Å². The molecule has 74 valence electrons. The molecule has 0 spiro atoms. The quantitative estimate of drug-likeness (QED) is 0.626. The first-order chi connectivity index (χ1) is 6.74. The Bertz CT molecular complexity index is 372. The Morgan fingerprint density at radius 2 is 2.43 bits per heavy atom. The molecule has 0 saturated carbocycles. The number of aldehydes is 1. The zero-order valence-corrected chi connectivity index (χ0v) is 7.88. The van der Waals surface area contributed by atoms with Crippen molar-refractivity contribution in [1.29, 1.82) is 0 Å². The normalized spacial score (nSPS) is 21.6. The van der Waals surface area contributed by atoms with Crippen molar-refractivity contribution in [2.24, 2.45) is 0 Å². The van der Waals surface area contributed by atoms with E-state index in [9.17, 15) is 9.59 Å². The molecule has 1 aromatic rings. The molecule has 1 fully saturated rings. The molecule has 2 heterocycles. The van der Waals surface area contributed by atoms with Gasteiger partial charge in [-0.1, -0.05) is 0 Å². The van der Waals surface area contributed by atoms with E-state index in [4.69, 9.17) is 0 Å². The second-order valence-electron chi connectivity index (χ2n) is 3.41. The van der Waals surface area contributed by atoms with Crippen molar-refractivity contribution in [3.63, 3.8) is 0 Å². The summed E-state index contributed by atoms with van der Waals surface area (Å²) in [5.41, 5.74) is 0.457. The molecule has 0 bridgehead atoms. The molecule has 0 aromatic carbocycles. The van der Waals surface area contributed by atoms with E-state index in [0.29, 0.717) is 5.69 Å². The van der Waals surface area contributed by atoms with Crippen LogP contribution in [0.2, 0.25) is 0 Å². The van der Waals surface area contributed by atoms with Gasteiger partial charge >= 0.3 is 0 Å². The van der Waals surface area contributed by atoms with Gasteiger partial charge in [0, 0.05) is 13.6 Å².